The molecule has 51 heavy (non-hydrogen) atoms. The Hall–Kier alpha value is -4.56. The second-order valence-corrected chi connectivity index (χ2v) is 13.8. The van der Waals surface area contributed by atoms with Gasteiger partial charge >= 0.3 is 5.97 Å². The quantitative estimate of drug-likeness (QED) is 0.104. The van der Waals surface area contributed by atoms with Gasteiger partial charge in [0, 0.05) is 36.0 Å². The maximum absolute atomic E-state index is 12.7. The first kappa shape index (κ1) is 36.2. The number of benzene rings is 2. The zero-order chi connectivity index (χ0) is 36.3. The predicted molar refractivity (Wildman–Crippen MR) is 187 cm³/mol. The molecule has 274 valence electrons. The molecule has 3 heterocycles. The Balaban J connectivity index is 1.23. The van der Waals surface area contributed by atoms with Crippen molar-refractivity contribution in [1.82, 2.24) is 10.3 Å². The lowest BCUT2D eigenvalue weighted by atomic mass is 9.59. The van der Waals surface area contributed by atoms with E-state index in [0.717, 1.165) is 17.5 Å². The van der Waals surface area contributed by atoms with E-state index < -0.39 is 42.3 Å². The number of anilines is 1. The third-order valence-corrected chi connectivity index (χ3v) is 10.7. The van der Waals surface area contributed by atoms with E-state index in [0.29, 0.717) is 43.5 Å². The highest BCUT2D eigenvalue weighted by molar-refractivity contribution is 5.75. The molecule has 0 amide bonds. The molecule has 1 aliphatic carbocycles. The minimum Gasteiger partial charge on any atom is -0.504 e. The van der Waals surface area contributed by atoms with E-state index in [2.05, 4.69) is 17.2 Å². The Morgan fingerprint density at radius 3 is 2.61 bits per heavy atom. The number of rotatable bonds is 12. The summed E-state index contributed by atoms with van der Waals surface area (Å²) in [5.41, 5.74) is 7.68. The number of phenols is 2. The average Bonchev–Trinajstić information content (AvgIpc) is 3.49. The van der Waals surface area contributed by atoms with Gasteiger partial charge in [0.05, 0.1) is 31.3 Å². The Morgan fingerprint density at radius 2 is 1.86 bits per heavy atom. The van der Waals surface area contributed by atoms with E-state index in [-0.39, 0.29) is 53.4 Å². The zero-order valence-electron chi connectivity index (χ0n) is 28.8. The van der Waals surface area contributed by atoms with Crippen molar-refractivity contribution in [3.8, 4) is 28.7 Å². The lowest BCUT2D eigenvalue weighted by Crippen LogP contribution is -2.60. The second-order valence-electron chi connectivity index (χ2n) is 13.8. The number of methoxy groups -OCH3 is 1. The number of nitrogen functional groups attached to an aromatic ring is 1. The SMILES string of the molecule is COc1cc(C2CC(O)CC(CCc3ccc(O)c(OCO)c3)O2)cc(OCC2NC(C)CCC23C(C(=O)O)C=CC3c2ccnc(N)c2)c1O. The van der Waals surface area contributed by atoms with Crippen LogP contribution in [0.2, 0.25) is 0 Å². The Labute approximate surface area is 296 Å². The molecule has 8 atom stereocenters. The maximum atomic E-state index is 12.7. The van der Waals surface area contributed by atoms with Crippen molar-refractivity contribution in [1.29, 1.82) is 0 Å². The number of aromatic nitrogens is 1. The van der Waals surface area contributed by atoms with Crippen LogP contribution < -0.4 is 25.3 Å². The molecule has 6 rings (SSSR count). The van der Waals surface area contributed by atoms with Crippen molar-refractivity contribution >= 4 is 11.8 Å². The molecule has 0 radical (unpaired) electrons. The van der Waals surface area contributed by atoms with Crippen LogP contribution in [-0.4, -0.2) is 81.3 Å². The largest absolute Gasteiger partial charge is 0.504 e. The third-order valence-electron chi connectivity index (χ3n) is 10.7. The molecule has 13 heteroatoms. The molecule has 2 fully saturated rings. The molecular weight excluding hydrogens is 658 g/mol. The van der Waals surface area contributed by atoms with Crippen molar-refractivity contribution in [2.24, 2.45) is 11.3 Å². The minimum atomic E-state index is -0.921. The molecule has 8 N–H and O–H groups in total. The molecule has 3 aromatic rings. The Kier molecular flexibility index (Phi) is 10.9. The number of allylic oxidation sites excluding steroid dienone is 1. The number of nitrogens with two attached hydrogens (primary N) is 1. The second kappa shape index (κ2) is 15.4. The average molecular weight is 706 g/mol. The number of aryl methyl sites for hydroxylation is 1. The standard InChI is InChI=1S/C38H47N3O10/c1-21-9-11-38(27(6-7-28(38)37(46)47)23-10-12-40-35(39)16-23)34(41-21)19-49-33-15-24(14-32(48-2)36(33)45)30-18-25(43)17-26(51-30)5-3-22-4-8-29(44)31(13-22)50-20-42/h4,6-8,10,12-16,21,25-28,30,34,41-45H,3,5,9,11,17-20H2,1-2H3,(H2,39,40)(H,46,47). The number of aliphatic hydroxyl groups excluding tert-OH is 2. The van der Waals surface area contributed by atoms with Crippen LogP contribution in [-0.2, 0) is 16.0 Å². The van der Waals surface area contributed by atoms with Crippen molar-refractivity contribution in [2.45, 2.75) is 81.8 Å². The van der Waals surface area contributed by atoms with Crippen molar-refractivity contribution in [3.05, 3.63) is 77.5 Å². The summed E-state index contributed by atoms with van der Waals surface area (Å²) in [6, 6.07) is 11.6. The molecule has 2 saturated heterocycles. The van der Waals surface area contributed by atoms with Crippen LogP contribution in [0.4, 0.5) is 5.82 Å². The highest BCUT2D eigenvalue weighted by Crippen LogP contribution is 2.56. The van der Waals surface area contributed by atoms with Gasteiger partial charge in [-0.15, -0.1) is 0 Å². The first-order valence-electron chi connectivity index (χ1n) is 17.3. The molecule has 1 aromatic heterocycles. The van der Waals surface area contributed by atoms with Crippen LogP contribution >= 0.6 is 0 Å². The molecule has 0 bridgehead atoms. The minimum absolute atomic E-state index is 0.0540. The van der Waals surface area contributed by atoms with Crippen molar-refractivity contribution < 1.29 is 49.3 Å². The Bertz CT molecular complexity index is 1740. The summed E-state index contributed by atoms with van der Waals surface area (Å²) in [7, 11) is 1.44. The summed E-state index contributed by atoms with van der Waals surface area (Å²) in [6.07, 6.45) is 7.18. The highest BCUT2D eigenvalue weighted by atomic mass is 16.6. The number of nitrogens with one attached hydrogen (secondary N) is 1. The lowest BCUT2D eigenvalue weighted by molar-refractivity contribution is -0.146. The van der Waals surface area contributed by atoms with Crippen molar-refractivity contribution in [3.63, 3.8) is 0 Å². The van der Waals surface area contributed by atoms with Gasteiger partial charge in [0.1, 0.15) is 12.4 Å². The monoisotopic (exact) mass is 705 g/mol. The number of hydrogen-bond acceptors (Lipinski definition) is 12. The normalized spacial score (nSPS) is 28.8. The smallest absolute Gasteiger partial charge is 0.311 e. The summed E-state index contributed by atoms with van der Waals surface area (Å²) in [5.74, 6) is -1.37. The third kappa shape index (κ3) is 7.57. The Morgan fingerprint density at radius 1 is 1.06 bits per heavy atom. The highest BCUT2D eigenvalue weighted by Gasteiger charge is 2.57. The first-order valence-corrected chi connectivity index (χ1v) is 17.3. The van der Waals surface area contributed by atoms with E-state index in [9.17, 15) is 25.2 Å². The molecule has 0 saturated carbocycles. The number of carbonyl (C=O) groups is 1. The zero-order valence-corrected chi connectivity index (χ0v) is 28.8. The van der Waals surface area contributed by atoms with Gasteiger partial charge in [-0.05, 0) is 92.1 Å². The number of carboxylic acid groups (broad SMARTS) is 1. The predicted octanol–water partition coefficient (Wildman–Crippen LogP) is 4.19. The van der Waals surface area contributed by atoms with Crippen LogP contribution in [0.5, 0.6) is 28.7 Å². The summed E-state index contributed by atoms with van der Waals surface area (Å²) in [4.78, 5) is 16.9. The number of aliphatic hydroxyl groups is 2. The number of ether oxygens (including phenoxy) is 4. The molecular formula is C38H47N3O10. The summed E-state index contributed by atoms with van der Waals surface area (Å²) < 4.78 is 23.5. The summed E-state index contributed by atoms with van der Waals surface area (Å²) in [6.45, 7) is 1.56. The van der Waals surface area contributed by atoms with E-state index >= 15 is 0 Å². The van der Waals surface area contributed by atoms with Gasteiger partial charge < -0.3 is 55.5 Å². The van der Waals surface area contributed by atoms with Gasteiger partial charge in [0.15, 0.2) is 29.8 Å². The van der Waals surface area contributed by atoms with Gasteiger partial charge in [0.2, 0.25) is 5.75 Å². The van der Waals surface area contributed by atoms with Crippen LogP contribution in [0.25, 0.3) is 0 Å². The van der Waals surface area contributed by atoms with E-state index in [1.165, 1.54) is 13.2 Å². The van der Waals surface area contributed by atoms with E-state index in [4.69, 9.17) is 29.8 Å². The number of carboxylic acids is 1. The number of piperidine rings is 1. The van der Waals surface area contributed by atoms with Crippen molar-refractivity contribution in [2.75, 3.05) is 26.2 Å². The fourth-order valence-corrected chi connectivity index (χ4v) is 8.18. The molecule has 2 aromatic carbocycles. The van der Waals surface area contributed by atoms with Gasteiger partial charge in [-0.1, -0.05) is 18.2 Å². The number of nitrogens with zero attached hydrogens (tertiary/aromatic N) is 1. The topological polar surface area (TPSA) is 206 Å². The van der Waals surface area contributed by atoms with Crippen LogP contribution in [0.1, 0.15) is 67.7 Å². The lowest BCUT2D eigenvalue weighted by Gasteiger charge is -2.50. The number of hydrogen-bond donors (Lipinski definition) is 7. The van der Waals surface area contributed by atoms with Crippen LogP contribution in [0, 0.1) is 11.3 Å². The molecule has 2 aliphatic heterocycles. The number of phenolic OH excluding ortho intramolecular Hbond substituents is 2. The fraction of sp³-hybridized carbons (Fsp3) is 0.474. The van der Waals surface area contributed by atoms with Gasteiger partial charge in [0.25, 0.3) is 0 Å². The summed E-state index contributed by atoms with van der Waals surface area (Å²) >= 11 is 0. The van der Waals surface area contributed by atoms with Gasteiger partial charge in [-0.2, -0.15) is 0 Å². The van der Waals surface area contributed by atoms with E-state index in [1.54, 1.807) is 42.6 Å². The number of pyridine rings is 1. The van der Waals surface area contributed by atoms with Crippen LogP contribution in [0.15, 0.2) is 60.8 Å². The molecule has 8 unspecified atom stereocenters. The molecule has 1 spiro atoms. The first-order chi connectivity index (χ1) is 24.5. The summed E-state index contributed by atoms with van der Waals surface area (Å²) in [5, 5.41) is 55.2. The van der Waals surface area contributed by atoms with Gasteiger partial charge in [-0.3, -0.25) is 4.79 Å². The van der Waals surface area contributed by atoms with Crippen LogP contribution in [0.3, 0.4) is 0 Å². The van der Waals surface area contributed by atoms with E-state index in [1.807, 2.05) is 12.1 Å². The number of aromatic hydroxyl groups is 2. The maximum Gasteiger partial charge on any atom is 0.311 e. The fourth-order valence-electron chi connectivity index (χ4n) is 8.18. The molecule has 3 aliphatic rings. The molecule has 13 nitrogen and oxygen atoms in total. The van der Waals surface area contributed by atoms with Gasteiger partial charge in [-0.25, -0.2) is 4.98 Å². The number of aliphatic carboxylic acids is 1.